The smallest absolute Gasteiger partial charge is 0.206 e. The molecule has 0 aliphatic rings. The summed E-state index contributed by atoms with van der Waals surface area (Å²) in [4.78, 5) is 0.477. The Bertz CT molecular complexity index is 745. The van der Waals surface area contributed by atoms with Crippen molar-refractivity contribution >= 4 is 9.84 Å². The predicted octanol–water partition coefficient (Wildman–Crippen LogP) is 4.10. The molecule has 23 heavy (non-hydrogen) atoms. The molecular formula is C18H22O4S. The first kappa shape index (κ1) is 17.3. The zero-order chi connectivity index (χ0) is 17.1. The Kier molecular flexibility index (Phi) is 5.00. The molecule has 0 atom stereocenters. The maximum atomic E-state index is 12.6. The minimum atomic E-state index is -3.54. The van der Waals surface area contributed by atoms with Crippen LogP contribution < -0.4 is 9.47 Å². The van der Waals surface area contributed by atoms with Crippen molar-refractivity contribution in [1.29, 1.82) is 0 Å². The molecule has 0 aromatic heterocycles. The molecule has 0 radical (unpaired) electrons. The Balaban J connectivity index is 2.26. The van der Waals surface area contributed by atoms with Gasteiger partial charge < -0.3 is 9.47 Å². The molecule has 0 aliphatic carbocycles. The minimum absolute atomic E-state index is 0.237. The lowest BCUT2D eigenvalue weighted by Crippen LogP contribution is -2.26. The quantitative estimate of drug-likeness (QED) is 0.798. The van der Waals surface area contributed by atoms with E-state index in [2.05, 4.69) is 0 Å². The van der Waals surface area contributed by atoms with Crippen LogP contribution in [0.25, 0.3) is 0 Å². The van der Waals surface area contributed by atoms with Crippen LogP contribution in [0.2, 0.25) is 0 Å². The summed E-state index contributed by atoms with van der Waals surface area (Å²) in [5, 5.41) is 0. The summed E-state index contributed by atoms with van der Waals surface area (Å²) in [5.41, 5.74) is -0.281. The van der Waals surface area contributed by atoms with Gasteiger partial charge in [-0.05, 0) is 68.8 Å². The third-order valence-electron chi connectivity index (χ3n) is 3.75. The summed E-state index contributed by atoms with van der Waals surface area (Å²) in [5.74, 6) is 1.28. The van der Waals surface area contributed by atoms with E-state index in [1.807, 2.05) is 20.8 Å². The van der Waals surface area contributed by atoms with Crippen LogP contribution in [0.3, 0.4) is 0 Å². The summed E-state index contributed by atoms with van der Waals surface area (Å²) in [7, 11) is -2.00. The maximum absolute atomic E-state index is 12.6. The zero-order valence-corrected chi connectivity index (χ0v) is 14.7. The van der Waals surface area contributed by atoms with Gasteiger partial charge >= 0.3 is 0 Å². The summed E-state index contributed by atoms with van der Waals surface area (Å²) >= 11 is 0. The van der Waals surface area contributed by atoms with Gasteiger partial charge in [0.2, 0.25) is 9.84 Å². The van der Waals surface area contributed by atoms with E-state index in [0.29, 0.717) is 11.5 Å². The summed E-state index contributed by atoms with van der Waals surface area (Å²) in [6, 6.07) is 12.9. The molecule has 2 aromatic carbocycles. The van der Waals surface area contributed by atoms with Crippen molar-refractivity contribution in [2.24, 2.45) is 0 Å². The summed E-state index contributed by atoms with van der Waals surface area (Å²) in [6.45, 7) is 6.03. The van der Waals surface area contributed by atoms with Crippen LogP contribution in [0.5, 0.6) is 11.5 Å². The van der Waals surface area contributed by atoms with Gasteiger partial charge in [0.05, 0.1) is 16.9 Å². The first-order valence-corrected chi connectivity index (χ1v) is 8.95. The molecule has 0 spiro atoms. The molecule has 0 bridgehead atoms. The number of hydrogen-bond donors (Lipinski definition) is 0. The number of sulfone groups is 1. The van der Waals surface area contributed by atoms with Crippen molar-refractivity contribution in [2.45, 2.75) is 42.6 Å². The molecule has 0 heterocycles. The Morgan fingerprint density at radius 1 is 0.870 bits per heavy atom. The molecular weight excluding hydrogens is 312 g/mol. The highest BCUT2D eigenvalue weighted by molar-refractivity contribution is 7.91. The van der Waals surface area contributed by atoms with Crippen LogP contribution in [-0.4, -0.2) is 21.1 Å². The van der Waals surface area contributed by atoms with E-state index < -0.39 is 9.84 Å². The average Bonchev–Trinajstić information content (AvgIpc) is 2.55. The Hall–Kier alpha value is -2.01. The lowest BCUT2D eigenvalue weighted by atomic mass is 10.1. The number of ether oxygens (including phenoxy) is 2. The zero-order valence-electron chi connectivity index (χ0n) is 13.9. The van der Waals surface area contributed by atoms with E-state index in [0.717, 1.165) is 6.42 Å². The normalized spacial score (nSPS) is 12.0. The Morgan fingerprint density at radius 2 is 1.30 bits per heavy atom. The highest BCUT2D eigenvalue weighted by Crippen LogP contribution is 2.26. The van der Waals surface area contributed by atoms with Gasteiger partial charge in [-0.2, -0.15) is 0 Å². The number of benzene rings is 2. The van der Waals surface area contributed by atoms with E-state index >= 15 is 0 Å². The van der Waals surface area contributed by atoms with Crippen LogP contribution in [-0.2, 0) is 9.84 Å². The lowest BCUT2D eigenvalue weighted by molar-refractivity contribution is 0.105. The fourth-order valence-corrected chi connectivity index (χ4v) is 3.23. The molecule has 2 aromatic rings. The van der Waals surface area contributed by atoms with E-state index in [1.54, 1.807) is 55.6 Å². The van der Waals surface area contributed by atoms with E-state index in [1.165, 1.54) is 0 Å². The topological polar surface area (TPSA) is 52.6 Å². The van der Waals surface area contributed by atoms with Gasteiger partial charge in [0.1, 0.15) is 17.1 Å². The molecule has 0 aliphatic heterocycles. The number of rotatable bonds is 6. The van der Waals surface area contributed by atoms with Crippen molar-refractivity contribution in [1.82, 2.24) is 0 Å². The van der Waals surface area contributed by atoms with Gasteiger partial charge in [0, 0.05) is 0 Å². The van der Waals surface area contributed by atoms with Crippen LogP contribution in [0, 0.1) is 0 Å². The second-order valence-corrected chi connectivity index (χ2v) is 7.82. The van der Waals surface area contributed by atoms with Gasteiger partial charge in [-0.25, -0.2) is 8.42 Å². The van der Waals surface area contributed by atoms with Gasteiger partial charge in [-0.1, -0.05) is 6.92 Å². The molecule has 124 valence electrons. The SMILES string of the molecule is CCC(C)(C)Oc1ccc(S(=O)(=O)c2ccc(OC)cc2)cc1. The lowest BCUT2D eigenvalue weighted by Gasteiger charge is -2.24. The monoisotopic (exact) mass is 334 g/mol. The second kappa shape index (κ2) is 6.62. The predicted molar refractivity (Wildman–Crippen MR) is 89.9 cm³/mol. The Labute approximate surface area is 138 Å². The number of methoxy groups -OCH3 is 1. The fourth-order valence-electron chi connectivity index (χ4n) is 1.97. The van der Waals surface area contributed by atoms with Crippen molar-refractivity contribution in [3.63, 3.8) is 0 Å². The van der Waals surface area contributed by atoms with Crippen LogP contribution in [0.15, 0.2) is 58.3 Å². The number of hydrogen-bond acceptors (Lipinski definition) is 4. The summed E-state index contributed by atoms with van der Waals surface area (Å²) in [6.07, 6.45) is 0.860. The molecule has 0 saturated carbocycles. The van der Waals surface area contributed by atoms with Crippen molar-refractivity contribution in [3.05, 3.63) is 48.5 Å². The van der Waals surface area contributed by atoms with E-state index in [4.69, 9.17) is 9.47 Å². The van der Waals surface area contributed by atoms with Crippen molar-refractivity contribution < 1.29 is 17.9 Å². The molecule has 0 saturated heterocycles. The molecule has 0 amide bonds. The van der Waals surface area contributed by atoms with Gasteiger partial charge in [-0.15, -0.1) is 0 Å². The highest BCUT2D eigenvalue weighted by atomic mass is 32.2. The van der Waals surface area contributed by atoms with Gasteiger partial charge in [-0.3, -0.25) is 0 Å². The maximum Gasteiger partial charge on any atom is 0.206 e. The standard InChI is InChI=1S/C18H22O4S/c1-5-18(2,3)22-15-8-12-17(13-9-15)23(19,20)16-10-6-14(21-4)7-11-16/h6-13H,5H2,1-4H3. The van der Waals surface area contributed by atoms with E-state index in [9.17, 15) is 8.42 Å². The molecule has 5 heteroatoms. The molecule has 0 N–H and O–H groups in total. The van der Waals surface area contributed by atoms with Gasteiger partial charge in [0.25, 0.3) is 0 Å². The van der Waals surface area contributed by atoms with Crippen LogP contribution in [0.1, 0.15) is 27.2 Å². The van der Waals surface area contributed by atoms with E-state index in [-0.39, 0.29) is 15.4 Å². The fraction of sp³-hybridized carbons (Fsp3) is 0.333. The average molecular weight is 334 g/mol. The van der Waals surface area contributed by atoms with Gasteiger partial charge in [0.15, 0.2) is 0 Å². The van der Waals surface area contributed by atoms with Crippen LogP contribution >= 0.6 is 0 Å². The molecule has 4 nitrogen and oxygen atoms in total. The summed E-state index contributed by atoms with van der Waals surface area (Å²) < 4.78 is 36.1. The molecule has 2 rings (SSSR count). The highest BCUT2D eigenvalue weighted by Gasteiger charge is 2.20. The largest absolute Gasteiger partial charge is 0.497 e. The first-order valence-electron chi connectivity index (χ1n) is 7.47. The third kappa shape index (κ3) is 4.05. The third-order valence-corrected chi connectivity index (χ3v) is 5.53. The molecule has 0 unspecified atom stereocenters. The Morgan fingerprint density at radius 3 is 1.70 bits per heavy atom. The first-order chi connectivity index (χ1) is 10.8. The minimum Gasteiger partial charge on any atom is -0.497 e. The van der Waals surface area contributed by atoms with Crippen molar-refractivity contribution in [3.8, 4) is 11.5 Å². The van der Waals surface area contributed by atoms with Crippen LogP contribution in [0.4, 0.5) is 0 Å². The molecule has 0 fully saturated rings. The second-order valence-electron chi connectivity index (χ2n) is 5.87. The van der Waals surface area contributed by atoms with Crippen molar-refractivity contribution in [2.75, 3.05) is 7.11 Å².